The molecule has 1 unspecified atom stereocenters. The first-order chi connectivity index (χ1) is 12.4. The zero-order valence-corrected chi connectivity index (χ0v) is 16.1. The van der Waals surface area contributed by atoms with Gasteiger partial charge in [-0.25, -0.2) is 9.78 Å². The molecule has 2 aromatic rings. The minimum atomic E-state index is -0.0746. The molecule has 0 radical (unpaired) electrons. The summed E-state index contributed by atoms with van der Waals surface area (Å²) in [4.78, 5) is 33.4. The number of fused-ring (bicyclic) bond motifs is 1. The van der Waals surface area contributed by atoms with Gasteiger partial charge in [0.15, 0.2) is 0 Å². The van der Waals surface area contributed by atoms with Crippen LogP contribution in [0.4, 0.5) is 4.79 Å². The van der Waals surface area contributed by atoms with E-state index in [1.54, 1.807) is 29.8 Å². The summed E-state index contributed by atoms with van der Waals surface area (Å²) in [6.07, 6.45) is 0. The Labute approximate surface area is 157 Å². The molecular weight excluding hydrogens is 354 g/mol. The van der Waals surface area contributed by atoms with Crippen LogP contribution < -0.4 is 10.9 Å². The van der Waals surface area contributed by atoms with Crippen molar-refractivity contribution in [3.05, 3.63) is 39.4 Å². The van der Waals surface area contributed by atoms with Crippen LogP contribution in [0.25, 0.3) is 10.9 Å². The van der Waals surface area contributed by atoms with Crippen molar-refractivity contribution < 1.29 is 4.79 Å². The third kappa shape index (κ3) is 3.54. The molecule has 0 bridgehead atoms. The lowest BCUT2D eigenvalue weighted by atomic mass is 10.2. The first kappa shape index (κ1) is 18.7. The molecule has 1 N–H and O–H groups in total. The van der Waals surface area contributed by atoms with E-state index >= 15 is 0 Å². The van der Waals surface area contributed by atoms with Gasteiger partial charge >= 0.3 is 6.03 Å². The fraction of sp³-hybridized carbons (Fsp3) is 0.500. The van der Waals surface area contributed by atoms with Gasteiger partial charge in [-0.15, -0.1) is 0 Å². The Morgan fingerprint density at radius 1 is 1.31 bits per heavy atom. The second-order valence-corrected chi connectivity index (χ2v) is 6.97. The zero-order valence-electron chi connectivity index (χ0n) is 15.3. The van der Waals surface area contributed by atoms with Crippen LogP contribution in [0.15, 0.2) is 23.0 Å². The Kier molecular flexibility index (Phi) is 5.48. The smallest absolute Gasteiger partial charge is 0.317 e. The van der Waals surface area contributed by atoms with Gasteiger partial charge in [0.2, 0.25) is 0 Å². The van der Waals surface area contributed by atoms with Gasteiger partial charge in [0.1, 0.15) is 5.82 Å². The average Bonchev–Trinajstić information content (AvgIpc) is 2.64. The molecule has 3 rings (SSSR count). The van der Waals surface area contributed by atoms with E-state index in [0.29, 0.717) is 41.4 Å². The molecule has 26 heavy (non-hydrogen) atoms. The molecule has 0 aliphatic carbocycles. The summed E-state index contributed by atoms with van der Waals surface area (Å²) in [6, 6.07) is 5.09. The lowest BCUT2D eigenvalue weighted by Crippen LogP contribution is -2.52. The summed E-state index contributed by atoms with van der Waals surface area (Å²) in [5, 5.41) is 3.96. The molecule has 1 atom stereocenters. The molecule has 140 valence electrons. The van der Waals surface area contributed by atoms with E-state index in [2.05, 4.69) is 10.2 Å². The van der Waals surface area contributed by atoms with Crippen LogP contribution in [0, 0.1) is 0 Å². The predicted octanol–water partition coefficient (Wildman–Crippen LogP) is 2.00. The van der Waals surface area contributed by atoms with Crippen molar-refractivity contribution in [3.63, 3.8) is 0 Å². The number of urea groups is 1. The highest BCUT2D eigenvalue weighted by molar-refractivity contribution is 6.31. The second-order valence-electron chi connectivity index (χ2n) is 6.53. The third-order valence-electron chi connectivity index (χ3n) is 4.92. The van der Waals surface area contributed by atoms with E-state index in [1.807, 2.05) is 18.7 Å². The number of hydrogen-bond acceptors (Lipinski definition) is 4. The summed E-state index contributed by atoms with van der Waals surface area (Å²) in [5.74, 6) is 0.705. The maximum Gasteiger partial charge on any atom is 0.317 e. The van der Waals surface area contributed by atoms with Crippen molar-refractivity contribution in [1.29, 1.82) is 0 Å². The molecule has 7 nitrogen and oxygen atoms in total. The van der Waals surface area contributed by atoms with E-state index in [9.17, 15) is 9.59 Å². The summed E-state index contributed by atoms with van der Waals surface area (Å²) >= 11 is 6.06. The Bertz CT molecular complexity index is 874. The normalized spacial score (nSPS) is 16.7. The first-order valence-electron chi connectivity index (χ1n) is 8.85. The Balaban J connectivity index is 1.82. The van der Waals surface area contributed by atoms with Gasteiger partial charge in [0.25, 0.3) is 5.56 Å². The number of piperazine rings is 1. The van der Waals surface area contributed by atoms with Crippen LogP contribution in [-0.4, -0.2) is 58.1 Å². The fourth-order valence-corrected chi connectivity index (χ4v) is 3.54. The Hall–Kier alpha value is -2.12. The average molecular weight is 378 g/mol. The van der Waals surface area contributed by atoms with Crippen molar-refractivity contribution in [2.24, 2.45) is 7.05 Å². The number of nitrogens with zero attached hydrogens (tertiary/aromatic N) is 4. The van der Waals surface area contributed by atoms with Crippen LogP contribution in [0.1, 0.15) is 25.7 Å². The van der Waals surface area contributed by atoms with Crippen molar-refractivity contribution in [3.8, 4) is 0 Å². The molecule has 2 heterocycles. The van der Waals surface area contributed by atoms with E-state index in [-0.39, 0.29) is 17.6 Å². The van der Waals surface area contributed by atoms with Crippen LogP contribution in [0.5, 0.6) is 0 Å². The van der Waals surface area contributed by atoms with E-state index in [1.165, 1.54) is 0 Å². The van der Waals surface area contributed by atoms with E-state index in [4.69, 9.17) is 16.6 Å². The van der Waals surface area contributed by atoms with Gasteiger partial charge in [-0.2, -0.15) is 0 Å². The predicted molar refractivity (Wildman–Crippen MR) is 103 cm³/mol. The molecule has 8 heteroatoms. The monoisotopic (exact) mass is 377 g/mol. The molecule has 1 aliphatic heterocycles. The number of amides is 2. The van der Waals surface area contributed by atoms with Crippen molar-refractivity contribution in [1.82, 2.24) is 24.7 Å². The van der Waals surface area contributed by atoms with Crippen molar-refractivity contribution in [2.75, 3.05) is 32.7 Å². The Morgan fingerprint density at radius 2 is 2.00 bits per heavy atom. The standard InChI is InChI=1S/C18H24ClN5O2/c1-4-20-18(26)24-9-7-23(8-10-24)12(2)16-21-15-11-13(19)5-6-14(15)17(25)22(16)3/h5-6,11-12H,4,7-10H2,1-3H3,(H,20,26). The lowest BCUT2D eigenvalue weighted by Gasteiger charge is -2.38. The van der Waals surface area contributed by atoms with Gasteiger partial charge in [-0.05, 0) is 32.0 Å². The summed E-state index contributed by atoms with van der Waals surface area (Å²) in [7, 11) is 1.75. The van der Waals surface area contributed by atoms with Gasteiger partial charge in [-0.1, -0.05) is 11.6 Å². The number of carbonyl (C=O) groups is 1. The Morgan fingerprint density at radius 3 is 2.65 bits per heavy atom. The quantitative estimate of drug-likeness (QED) is 0.888. The highest BCUT2D eigenvalue weighted by Crippen LogP contribution is 2.22. The zero-order chi connectivity index (χ0) is 18.8. The lowest BCUT2D eigenvalue weighted by molar-refractivity contribution is 0.110. The van der Waals surface area contributed by atoms with Gasteiger partial charge in [-0.3, -0.25) is 14.3 Å². The number of aromatic nitrogens is 2. The largest absolute Gasteiger partial charge is 0.338 e. The van der Waals surface area contributed by atoms with Crippen LogP contribution in [0.2, 0.25) is 5.02 Å². The second kappa shape index (κ2) is 7.63. The SMILES string of the molecule is CCNC(=O)N1CCN(C(C)c2nc3cc(Cl)ccc3c(=O)n2C)CC1. The summed E-state index contributed by atoms with van der Waals surface area (Å²) in [6.45, 7) is 7.37. The molecule has 1 aliphatic rings. The maximum absolute atomic E-state index is 12.7. The first-order valence-corrected chi connectivity index (χ1v) is 9.23. The molecule has 1 saturated heterocycles. The number of nitrogens with one attached hydrogen (secondary N) is 1. The maximum atomic E-state index is 12.7. The molecule has 0 saturated carbocycles. The number of carbonyl (C=O) groups excluding carboxylic acids is 1. The molecular formula is C18H24ClN5O2. The molecule has 2 amide bonds. The van der Waals surface area contributed by atoms with Crippen LogP contribution >= 0.6 is 11.6 Å². The summed E-state index contributed by atoms with van der Waals surface area (Å²) < 4.78 is 1.61. The minimum absolute atomic E-state index is 0.0225. The van der Waals surface area contributed by atoms with Crippen molar-refractivity contribution in [2.45, 2.75) is 19.9 Å². The number of halogens is 1. The fourth-order valence-electron chi connectivity index (χ4n) is 3.37. The summed E-state index contributed by atoms with van der Waals surface area (Å²) in [5.41, 5.74) is 0.540. The highest BCUT2D eigenvalue weighted by atomic mass is 35.5. The molecule has 1 aromatic carbocycles. The minimum Gasteiger partial charge on any atom is -0.338 e. The van der Waals surface area contributed by atoms with Gasteiger partial charge in [0, 0.05) is 44.8 Å². The number of rotatable bonds is 3. The van der Waals surface area contributed by atoms with Crippen molar-refractivity contribution >= 4 is 28.5 Å². The molecule has 1 aromatic heterocycles. The number of benzene rings is 1. The molecule has 0 spiro atoms. The van der Waals surface area contributed by atoms with Crippen LogP contribution in [0.3, 0.4) is 0 Å². The third-order valence-corrected chi connectivity index (χ3v) is 5.16. The van der Waals surface area contributed by atoms with Gasteiger partial charge < -0.3 is 10.2 Å². The van der Waals surface area contributed by atoms with E-state index in [0.717, 1.165) is 13.1 Å². The number of hydrogen-bond donors (Lipinski definition) is 1. The van der Waals surface area contributed by atoms with E-state index < -0.39 is 0 Å². The molecule has 1 fully saturated rings. The van der Waals surface area contributed by atoms with Gasteiger partial charge in [0.05, 0.1) is 16.9 Å². The highest BCUT2D eigenvalue weighted by Gasteiger charge is 2.26. The topological polar surface area (TPSA) is 70.5 Å². The van der Waals surface area contributed by atoms with Crippen LogP contribution in [-0.2, 0) is 7.05 Å².